The normalized spacial score (nSPS) is 10.5. The number of aryl methyl sites for hydroxylation is 4. The van der Waals surface area contributed by atoms with Crippen LogP contribution in [-0.2, 0) is 14.3 Å². The van der Waals surface area contributed by atoms with Crippen LogP contribution in [0.25, 0.3) is 22.2 Å². The van der Waals surface area contributed by atoms with Crippen molar-refractivity contribution in [1.82, 2.24) is 89.1 Å². The topological polar surface area (TPSA) is 465 Å². The van der Waals surface area contributed by atoms with Gasteiger partial charge >= 0.3 is 12.6 Å². The van der Waals surface area contributed by atoms with Crippen LogP contribution in [0, 0.1) is 34.3 Å². The number of hydrogen-bond acceptors (Lipinski definition) is 31. The average molecular weight is 1640 g/mol. The molecule has 0 aliphatic carbocycles. The molecular weight excluding hydrogens is 1580 g/mol. The smallest absolute Gasteiger partial charge is 0.331 e. The van der Waals surface area contributed by atoms with Crippen molar-refractivity contribution >= 4 is 194 Å². The zero-order valence-corrected chi connectivity index (χ0v) is 64.8. The van der Waals surface area contributed by atoms with Gasteiger partial charge in [0, 0.05) is 22.3 Å². The van der Waals surface area contributed by atoms with Gasteiger partial charge in [0.05, 0.1) is 39.9 Å². The lowest BCUT2D eigenvalue weighted by Crippen LogP contribution is -2.24. The number of carbonyl (C=O) groups is 6. The van der Waals surface area contributed by atoms with E-state index in [-0.39, 0.29) is 71.7 Å². The van der Waals surface area contributed by atoms with Crippen LogP contribution in [0.2, 0.25) is 20.2 Å². The van der Waals surface area contributed by atoms with E-state index < -0.39 is 16.9 Å². The van der Waals surface area contributed by atoms with E-state index in [1.54, 1.807) is 149 Å². The Morgan fingerprint density at radius 2 is 1.07 bits per heavy atom. The van der Waals surface area contributed by atoms with E-state index in [0.29, 0.717) is 77.2 Å². The predicted molar refractivity (Wildman–Crippen MR) is 414 cm³/mol. The van der Waals surface area contributed by atoms with Gasteiger partial charge in [-0.25, -0.2) is 35.9 Å². The highest BCUT2D eigenvalue weighted by atomic mass is 35.5. The average Bonchev–Trinajstić information content (AvgIpc) is 1.67. The molecule has 0 fully saturated rings. The summed E-state index contributed by atoms with van der Waals surface area (Å²) in [6, 6.07) is 35.7. The van der Waals surface area contributed by atoms with Crippen LogP contribution < -0.4 is 28.7 Å². The number of aromatic nitrogens is 18. The molecule has 0 saturated heterocycles. The van der Waals surface area contributed by atoms with Gasteiger partial charge in [-0.1, -0.05) is 168 Å². The number of rotatable bonds is 12. The number of ether oxygens (including phenoxy) is 1. The fourth-order valence-electron chi connectivity index (χ4n) is 7.13. The first-order chi connectivity index (χ1) is 50.2. The molecule has 0 spiro atoms. The molecule has 8 heterocycles. The number of thioether (sulfide) groups is 6. The molecule has 1 atom stereocenters. The summed E-state index contributed by atoms with van der Waals surface area (Å²) in [6.07, 6.45) is 5.54. The van der Waals surface area contributed by atoms with E-state index in [1.165, 1.54) is 16.0 Å². The first-order valence-electron chi connectivity index (χ1n) is 29.4. The third-order valence-corrected chi connectivity index (χ3v) is 19.2. The van der Waals surface area contributed by atoms with Crippen molar-refractivity contribution in [3.05, 3.63) is 215 Å². The van der Waals surface area contributed by atoms with Gasteiger partial charge in [0.1, 0.15) is 15.2 Å². The maximum Gasteiger partial charge on any atom is 0.331 e. The van der Waals surface area contributed by atoms with Crippen LogP contribution in [0.3, 0.4) is 0 Å². The molecular formula is C62H61Cl5N24O8S6. The fourth-order valence-corrected chi connectivity index (χ4v) is 11.6. The van der Waals surface area contributed by atoms with Crippen LogP contribution in [-0.4, -0.2) is 157 Å². The van der Waals surface area contributed by atoms with E-state index in [0.717, 1.165) is 61.8 Å². The summed E-state index contributed by atoms with van der Waals surface area (Å²) < 4.78 is 9.36. The molecule has 0 amide bonds. The van der Waals surface area contributed by atoms with Crippen molar-refractivity contribution in [3.63, 3.8) is 0 Å². The number of hydrogen-bond donors (Lipinski definition) is 7. The lowest BCUT2D eigenvalue weighted by molar-refractivity contribution is -0.144. The van der Waals surface area contributed by atoms with Crippen molar-refractivity contribution in [3.8, 4) is 0 Å². The standard InChI is InChI=1S/C13H8Cl2N4OS.C13H9ClN4O2S.C13H9ClN4OS.C9H8N4OS.C6H9ClO3.C5H8N2S2.C3H6N4.H4N2/c1-7-9(14)10(15)19-12(16-7)17-13(18-19)21-11(20)8-5-3-2-4-6-8;1-7-9(14)10(19)18-12(15-7)16-13(17-18)21-11(20)8-5-3-2-4-6-8;1-8-10(14)7-18-12(15-8)16-13(17-18)20-11(19)9-5-3-2-4-6-9;10-8-11-9(13-12-8)15-7(14)6-4-2-1-3-5-6;1-3-10-6(9)5(7)4(2)8;1-6-4-7-5(8-2)9-3;1-2-5-3(4)7-6-2;1-2/h2-6H,1H3;2-6H,1H3,(H,15,16,17);2-7H,1H3;1-5H,(H3,10,11,12,13);5H,3H2,1-2H3;4H2,2-3H3;1H3,(H3,4,5,6,7);1-2H2. The molecule has 43 heteroatoms. The number of aromatic amines is 3. The fraction of sp³-hybridized carbons (Fsp3) is 0.177. The molecule has 0 radical (unpaired) electrons. The Morgan fingerprint density at radius 3 is 1.50 bits per heavy atom. The maximum absolute atomic E-state index is 12.1. The number of esters is 1. The van der Waals surface area contributed by atoms with Gasteiger partial charge in [-0.05, 0) is 101 Å². The predicted octanol–water partition coefficient (Wildman–Crippen LogP) is 11.5. The van der Waals surface area contributed by atoms with Gasteiger partial charge in [0.15, 0.2) is 21.5 Å². The molecule has 12 rings (SSSR count). The number of nitrogens with zero attached hydrogens (tertiary/aromatic N) is 17. The molecule has 0 aliphatic rings. The number of Topliss-reactive ketones (excluding diaryl/α,β-unsaturated/α-hetero) is 1. The molecule has 0 aliphatic heterocycles. The van der Waals surface area contributed by atoms with Gasteiger partial charge < -0.3 is 16.2 Å². The van der Waals surface area contributed by atoms with Crippen molar-refractivity contribution in [2.24, 2.45) is 16.7 Å². The second-order valence-corrected chi connectivity index (χ2v) is 27.0. The highest BCUT2D eigenvalue weighted by molar-refractivity contribution is 8.38. The number of alkyl halides is 1. The third-order valence-electron chi connectivity index (χ3n) is 11.9. The Balaban J connectivity index is 0.000000226. The Bertz CT molecular complexity index is 4970. The Labute approximate surface area is 648 Å². The highest BCUT2D eigenvalue weighted by Gasteiger charge is 2.22. The van der Waals surface area contributed by atoms with E-state index >= 15 is 0 Å². The van der Waals surface area contributed by atoms with Gasteiger partial charge in [-0.15, -0.1) is 55.5 Å². The number of fused-ring (bicyclic) bond motifs is 3. The molecule has 8 aromatic heterocycles. The van der Waals surface area contributed by atoms with E-state index in [1.807, 2.05) is 48.9 Å². The monoisotopic (exact) mass is 1640 g/mol. The Kier molecular flexibility index (Phi) is 36.5. The summed E-state index contributed by atoms with van der Waals surface area (Å²) in [5.74, 6) is 9.12. The first kappa shape index (κ1) is 86.3. The molecule has 0 saturated carbocycles. The summed E-state index contributed by atoms with van der Waals surface area (Å²) >= 11 is 36.1. The number of aliphatic imine (C=N–C) groups is 1. The first-order valence-corrected chi connectivity index (χ1v) is 37.0. The SMILES string of the molecule is CCOC(=O)C(Cl)C(C)=O.Cc1nc(N)n[nH]1.Cc1nc2nc(SC(=O)c3ccccc3)[nH]n2c(=O)c1Cl.Cc1nc2nc(SC(=O)c3ccccc3)nn2c(Cl)c1Cl.Cc1nc2nc(SC(=O)c3ccccc3)nn2cc1Cl.NN.Nc1nc(SC(=O)c2ccccc2)n[nH]1.[C-]#[N+]CN=C(SC)SC. The number of benzene rings is 4. The van der Waals surface area contributed by atoms with E-state index in [2.05, 4.69) is 102 Å². The Morgan fingerprint density at radius 1 is 0.600 bits per heavy atom. The zero-order chi connectivity index (χ0) is 77.3. The largest absolute Gasteiger partial charge is 0.465 e. The van der Waals surface area contributed by atoms with Gasteiger partial charge in [0.25, 0.3) is 22.9 Å². The van der Waals surface area contributed by atoms with Gasteiger partial charge in [-0.2, -0.15) is 38.9 Å². The zero-order valence-electron chi connectivity index (χ0n) is 56.1. The lowest BCUT2D eigenvalue weighted by atomic mass is 10.2. The number of carbonyl (C=O) groups excluding carboxylic acids is 6. The summed E-state index contributed by atoms with van der Waals surface area (Å²) in [7, 11) is 0. The molecule has 548 valence electrons. The molecule has 11 N–H and O–H groups in total. The number of H-pyrrole nitrogens is 3. The van der Waals surface area contributed by atoms with Gasteiger partial charge in [0.2, 0.25) is 47.8 Å². The summed E-state index contributed by atoms with van der Waals surface area (Å²) in [4.78, 5) is 120. The number of hydrazine groups is 1. The maximum atomic E-state index is 12.1. The summed E-state index contributed by atoms with van der Waals surface area (Å²) in [5, 5.41) is 24.1. The minimum atomic E-state index is -1.14. The molecule has 32 nitrogen and oxygen atoms in total. The number of halogens is 5. The number of ketones is 1. The molecule has 0 bridgehead atoms. The van der Waals surface area contributed by atoms with Crippen molar-refractivity contribution in [2.45, 2.75) is 67.5 Å². The van der Waals surface area contributed by atoms with Crippen LogP contribution >= 0.6 is 129 Å². The van der Waals surface area contributed by atoms with Crippen molar-refractivity contribution in [2.75, 3.05) is 37.3 Å². The summed E-state index contributed by atoms with van der Waals surface area (Å²) in [5.41, 5.74) is 14.0. The highest BCUT2D eigenvalue weighted by Crippen LogP contribution is 2.28. The van der Waals surface area contributed by atoms with E-state index in [4.69, 9.17) is 76.0 Å². The van der Waals surface area contributed by atoms with Gasteiger partial charge in [-0.3, -0.25) is 55.5 Å². The second kappa shape index (κ2) is 44.5. The molecule has 1 unspecified atom stereocenters. The summed E-state index contributed by atoms with van der Waals surface area (Å²) in [6.45, 7) is 16.8. The van der Waals surface area contributed by atoms with Crippen LogP contribution in [0.4, 0.5) is 11.9 Å². The number of anilines is 2. The Hall–Kier alpha value is -9.34. The van der Waals surface area contributed by atoms with Crippen LogP contribution in [0.5, 0.6) is 0 Å². The molecule has 105 heavy (non-hydrogen) atoms. The third kappa shape index (κ3) is 27.6. The van der Waals surface area contributed by atoms with Crippen LogP contribution in [0.1, 0.15) is 78.2 Å². The van der Waals surface area contributed by atoms with Crippen molar-refractivity contribution in [1.29, 1.82) is 0 Å². The van der Waals surface area contributed by atoms with Crippen molar-refractivity contribution < 1.29 is 33.5 Å². The quantitative estimate of drug-likeness (QED) is 0.00571. The number of nitrogens with two attached hydrogens (primary N) is 4. The number of nitrogens with one attached hydrogen (secondary N) is 3. The number of nitrogen functional groups attached to an aromatic ring is 2. The van der Waals surface area contributed by atoms with Crippen LogP contribution in [0.15, 0.2) is 158 Å². The molecule has 4 aromatic carbocycles. The minimum Gasteiger partial charge on any atom is -0.465 e. The second-order valence-electron chi connectivity index (χ2n) is 19.4. The minimum absolute atomic E-state index is 0.0297. The molecule has 12 aromatic rings. The van der Waals surface area contributed by atoms with E-state index in [9.17, 15) is 33.6 Å². The lowest BCUT2D eigenvalue weighted by Gasteiger charge is -2.03.